The number of nitrogens with one attached hydrogen (secondary N) is 1. The van der Waals surface area contributed by atoms with Gasteiger partial charge in [0.25, 0.3) is 0 Å². The predicted octanol–water partition coefficient (Wildman–Crippen LogP) is 2.71. The van der Waals surface area contributed by atoms with Gasteiger partial charge in [-0.2, -0.15) is 0 Å². The normalized spacial score (nSPS) is 21.2. The number of ether oxygens (including phenoxy) is 3. The van der Waals surface area contributed by atoms with Crippen molar-refractivity contribution in [3.8, 4) is 11.5 Å². The van der Waals surface area contributed by atoms with Crippen LogP contribution in [0.3, 0.4) is 0 Å². The maximum absolute atomic E-state index is 5.71. The molecule has 1 fully saturated rings. The van der Waals surface area contributed by atoms with Gasteiger partial charge in [0.1, 0.15) is 0 Å². The molecule has 116 valence electrons. The Labute approximate surface area is 130 Å². The molecule has 0 radical (unpaired) electrons. The minimum atomic E-state index is 0.424. The van der Waals surface area contributed by atoms with Gasteiger partial charge in [0.2, 0.25) is 0 Å². The molecular formula is C16H23NO3S. The minimum Gasteiger partial charge on any atom is -0.490 e. The van der Waals surface area contributed by atoms with Gasteiger partial charge >= 0.3 is 0 Å². The third-order valence-corrected chi connectivity index (χ3v) is 4.66. The van der Waals surface area contributed by atoms with Gasteiger partial charge in [0, 0.05) is 36.8 Å². The molecule has 1 aromatic rings. The molecule has 1 aromatic carbocycles. The van der Waals surface area contributed by atoms with Crippen LogP contribution in [0.2, 0.25) is 0 Å². The molecule has 1 saturated heterocycles. The first kappa shape index (κ1) is 15.0. The summed E-state index contributed by atoms with van der Waals surface area (Å²) in [6, 6.07) is 6.21. The molecule has 2 heterocycles. The second-order valence-corrected chi connectivity index (χ2v) is 6.51. The number of fused-ring (bicyclic) bond motifs is 1. The van der Waals surface area contributed by atoms with E-state index in [-0.39, 0.29) is 0 Å². The second kappa shape index (κ2) is 7.92. The summed E-state index contributed by atoms with van der Waals surface area (Å²) in [5.74, 6) is 2.80. The summed E-state index contributed by atoms with van der Waals surface area (Å²) in [6.07, 6.45) is 3.78. The van der Waals surface area contributed by atoms with Crippen LogP contribution in [-0.4, -0.2) is 44.8 Å². The molecule has 0 bridgehead atoms. The van der Waals surface area contributed by atoms with Crippen molar-refractivity contribution in [2.45, 2.75) is 30.3 Å². The Kier molecular flexibility index (Phi) is 5.66. The minimum absolute atomic E-state index is 0.424. The number of benzene rings is 1. The number of hydrogen-bond donors (Lipinski definition) is 1. The zero-order valence-electron chi connectivity index (χ0n) is 12.3. The highest BCUT2D eigenvalue weighted by molar-refractivity contribution is 7.99. The van der Waals surface area contributed by atoms with E-state index in [2.05, 4.69) is 17.4 Å². The lowest BCUT2D eigenvalue weighted by atomic mass is 10.2. The maximum atomic E-state index is 5.71. The fraction of sp³-hybridized carbons (Fsp3) is 0.625. The third kappa shape index (κ3) is 4.53. The molecular weight excluding hydrogens is 286 g/mol. The SMILES string of the molecule is c1cc2c(cc1SCCNCC1CCCO1)OCCCO2. The molecule has 5 heteroatoms. The van der Waals surface area contributed by atoms with E-state index in [4.69, 9.17) is 14.2 Å². The van der Waals surface area contributed by atoms with Crippen LogP contribution < -0.4 is 14.8 Å². The van der Waals surface area contributed by atoms with Crippen molar-refractivity contribution in [1.82, 2.24) is 5.32 Å². The van der Waals surface area contributed by atoms with Gasteiger partial charge in [-0.3, -0.25) is 0 Å². The van der Waals surface area contributed by atoms with Crippen molar-refractivity contribution in [3.63, 3.8) is 0 Å². The van der Waals surface area contributed by atoms with E-state index in [0.29, 0.717) is 6.10 Å². The average molecular weight is 309 g/mol. The van der Waals surface area contributed by atoms with Crippen LogP contribution in [0.5, 0.6) is 11.5 Å². The Morgan fingerprint density at radius 1 is 1.10 bits per heavy atom. The van der Waals surface area contributed by atoms with Crippen molar-refractivity contribution < 1.29 is 14.2 Å². The summed E-state index contributed by atoms with van der Waals surface area (Å²) in [5.41, 5.74) is 0. The Hall–Kier alpha value is -0.910. The fourth-order valence-electron chi connectivity index (χ4n) is 2.54. The fourth-order valence-corrected chi connectivity index (χ4v) is 3.38. The number of hydrogen-bond acceptors (Lipinski definition) is 5. The smallest absolute Gasteiger partial charge is 0.162 e. The lowest BCUT2D eigenvalue weighted by molar-refractivity contribution is 0.110. The Balaban J connectivity index is 1.39. The monoisotopic (exact) mass is 309 g/mol. The molecule has 1 unspecified atom stereocenters. The second-order valence-electron chi connectivity index (χ2n) is 5.35. The van der Waals surface area contributed by atoms with Crippen LogP contribution in [0.25, 0.3) is 0 Å². The van der Waals surface area contributed by atoms with Crippen LogP contribution in [-0.2, 0) is 4.74 Å². The van der Waals surface area contributed by atoms with Crippen molar-refractivity contribution >= 4 is 11.8 Å². The first-order valence-electron chi connectivity index (χ1n) is 7.76. The highest BCUT2D eigenvalue weighted by Crippen LogP contribution is 2.33. The first-order valence-corrected chi connectivity index (χ1v) is 8.75. The zero-order valence-corrected chi connectivity index (χ0v) is 13.1. The molecule has 3 rings (SSSR count). The number of thioether (sulfide) groups is 1. The molecule has 0 spiro atoms. The summed E-state index contributed by atoms with van der Waals surface area (Å²) >= 11 is 1.84. The van der Waals surface area contributed by atoms with Gasteiger partial charge in [-0.05, 0) is 31.0 Å². The molecule has 0 aromatic heterocycles. The van der Waals surface area contributed by atoms with Gasteiger partial charge in [-0.1, -0.05) is 0 Å². The molecule has 2 aliphatic heterocycles. The van der Waals surface area contributed by atoms with Gasteiger partial charge in [0.05, 0.1) is 19.3 Å². The molecule has 1 N–H and O–H groups in total. The van der Waals surface area contributed by atoms with E-state index in [1.165, 1.54) is 17.7 Å². The predicted molar refractivity (Wildman–Crippen MR) is 84.6 cm³/mol. The molecule has 4 nitrogen and oxygen atoms in total. The van der Waals surface area contributed by atoms with Crippen molar-refractivity contribution in [2.24, 2.45) is 0 Å². The van der Waals surface area contributed by atoms with E-state index in [1.54, 1.807) is 0 Å². The number of rotatable bonds is 6. The molecule has 2 aliphatic rings. The summed E-state index contributed by atoms with van der Waals surface area (Å²) < 4.78 is 16.9. The van der Waals surface area contributed by atoms with E-state index in [1.807, 2.05) is 17.8 Å². The van der Waals surface area contributed by atoms with Crippen LogP contribution in [0.1, 0.15) is 19.3 Å². The van der Waals surface area contributed by atoms with Gasteiger partial charge in [-0.25, -0.2) is 0 Å². The summed E-state index contributed by atoms with van der Waals surface area (Å²) in [7, 11) is 0. The standard InChI is InChI=1S/C16H23NO3S/c1-3-13(18-7-1)12-17-6-10-21-14-4-5-15-16(11-14)20-9-2-8-19-15/h4-5,11,13,17H,1-3,6-10,12H2. The van der Waals surface area contributed by atoms with Crippen LogP contribution in [0.15, 0.2) is 23.1 Å². The molecule has 0 amide bonds. The molecule has 0 aliphatic carbocycles. The third-order valence-electron chi connectivity index (χ3n) is 3.66. The van der Waals surface area contributed by atoms with Crippen LogP contribution >= 0.6 is 11.8 Å². The van der Waals surface area contributed by atoms with Crippen molar-refractivity contribution in [1.29, 1.82) is 0 Å². The molecule has 0 saturated carbocycles. The van der Waals surface area contributed by atoms with Crippen LogP contribution in [0.4, 0.5) is 0 Å². The van der Waals surface area contributed by atoms with Gasteiger partial charge < -0.3 is 19.5 Å². The molecule has 21 heavy (non-hydrogen) atoms. The zero-order chi connectivity index (χ0) is 14.3. The van der Waals surface area contributed by atoms with E-state index in [0.717, 1.165) is 56.6 Å². The van der Waals surface area contributed by atoms with Gasteiger partial charge in [0.15, 0.2) is 11.5 Å². The Bertz CT molecular complexity index is 449. The highest BCUT2D eigenvalue weighted by atomic mass is 32.2. The van der Waals surface area contributed by atoms with E-state index >= 15 is 0 Å². The van der Waals surface area contributed by atoms with Crippen molar-refractivity contribution in [2.75, 3.05) is 38.7 Å². The van der Waals surface area contributed by atoms with E-state index in [9.17, 15) is 0 Å². The highest BCUT2D eigenvalue weighted by Gasteiger charge is 2.14. The summed E-state index contributed by atoms with van der Waals surface area (Å²) in [4.78, 5) is 1.23. The van der Waals surface area contributed by atoms with E-state index < -0.39 is 0 Å². The summed E-state index contributed by atoms with van der Waals surface area (Å²) in [5, 5.41) is 3.47. The quantitative estimate of drug-likeness (QED) is 0.646. The Morgan fingerprint density at radius 3 is 2.86 bits per heavy atom. The van der Waals surface area contributed by atoms with Gasteiger partial charge in [-0.15, -0.1) is 11.8 Å². The summed E-state index contributed by atoms with van der Waals surface area (Å²) in [6.45, 7) is 4.38. The average Bonchev–Trinajstić information content (AvgIpc) is 2.91. The topological polar surface area (TPSA) is 39.7 Å². The lowest BCUT2D eigenvalue weighted by Gasteiger charge is -2.11. The first-order chi connectivity index (χ1) is 10.4. The maximum Gasteiger partial charge on any atom is 0.162 e. The van der Waals surface area contributed by atoms with Crippen LogP contribution in [0, 0.1) is 0 Å². The Morgan fingerprint density at radius 2 is 2.00 bits per heavy atom. The largest absolute Gasteiger partial charge is 0.490 e. The molecule has 1 atom stereocenters. The lowest BCUT2D eigenvalue weighted by Crippen LogP contribution is -2.27. The van der Waals surface area contributed by atoms with Crippen molar-refractivity contribution in [3.05, 3.63) is 18.2 Å².